The number of hydrogen-bond acceptors (Lipinski definition) is 4. The number of thioether (sulfide) groups is 1. The molecule has 32 heavy (non-hydrogen) atoms. The number of benzene rings is 2. The van der Waals surface area contributed by atoms with Gasteiger partial charge in [0.15, 0.2) is 0 Å². The van der Waals surface area contributed by atoms with Crippen LogP contribution < -0.4 is 10.1 Å². The molecule has 2 rings (SSSR count). The van der Waals surface area contributed by atoms with Gasteiger partial charge in [0.25, 0.3) is 0 Å². The van der Waals surface area contributed by atoms with Gasteiger partial charge in [0.05, 0.1) is 12.9 Å². The van der Waals surface area contributed by atoms with Gasteiger partial charge in [-0.25, -0.2) is 0 Å². The van der Waals surface area contributed by atoms with E-state index in [0.717, 1.165) is 16.9 Å². The summed E-state index contributed by atoms with van der Waals surface area (Å²) >= 11 is 7.55. The van der Waals surface area contributed by atoms with Crippen molar-refractivity contribution in [3.05, 3.63) is 64.7 Å². The molecule has 1 N–H and O–H groups in total. The zero-order valence-corrected chi connectivity index (χ0v) is 20.8. The van der Waals surface area contributed by atoms with Crippen molar-refractivity contribution in [2.75, 3.05) is 19.4 Å². The Labute approximate surface area is 200 Å². The monoisotopic (exact) mass is 476 g/mol. The molecule has 2 amide bonds. The van der Waals surface area contributed by atoms with E-state index in [2.05, 4.69) is 5.32 Å². The van der Waals surface area contributed by atoms with Crippen LogP contribution in [0.1, 0.15) is 38.3 Å². The van der Waals surface area contributed by atoms with Crippen molar-refractivity contribution in [2.24, 2.45) is 5.92 Å². The van der Waals surface area contributed by atoms with E-state index >= 15 is 0 Å². The lowest BCUT2D eigenvalue weighted by molar-refractivity contribution is -0.139. The minimum absolute atomic E-state index is 0.0509. The van der Waals surface area contributed by atoms with Crippen LogP contribution in [0, 0.1) is 5.92 Å². The average Bonchev–Trinajstić information content (AvgIpc) is 2.79. The topological polar surface area (TPSA) is 58.6 Å². The number of carbonyl (C=O) groups is 2. The maximum atomic E-state index is 13.2. The fourth-order valence-corrected chi connectivity index (χ4v) is 4.19. The molecule has 0 bridgehead atoms. The van der Waals surface area contributed by atoms with E-state index in [-0.39, 0.29) is 11.8 Å². The molecule has 0 aromatic heterocycles. The molecule has 0 fully saturated rings. The van der Waals surface area contributed by atoms with Gasteiger partial charge in [0.1, 0.15) is 11.8 Å². The van der Waals surface area contributed by atoms with Crippen molar-refractivity contribution in [1.82, 2.24) is 10.2 Å². The van der Waals surface area contributed by atoms with Gasteiger partial charge in [-0.3, -0.25) is 9.59 Å². The van der Waals surface area contributed by atoms with Gasteiger partial charge >= 0.3 is 0 Å². The summed E-state index contributed by atoms with van der Waals surface area (Å²) in [6.07, 6.45) is 0.548. The highest BCUT2D eigenvalue weighted by atomic mass is 35.5. The Morgan fingerprint density at radius 1 is 1.06 bits per heavy atom. The molecule has 5 nitrogen and oxygen atoms in total. The summed E-state index contributed by atoms with van der Waals surface area (Å²) in [5, 5.41) is 3.63. The number of hydrogen-bond donors (Lipinski definition) is 1. The molecule has 0 aliphatic carbocycles. The van der Waals surface area contributed by atoms with E-state index in [1.54, 1.807) is 35.9 Å². The van der Waals surface area contributed by atoms with Crippen molar-refractivity contribution >= 4 is 35.2 Å². The number of ether oxygens (including phenoxy) is 1. The molecule has 0 aliphatic rings. The highest BCUT2D eigenvalue weighted by Gasteiger charge is 2.28. The Kier molecular flexibility index (Phi) is 10.9. The van der Waals surface area contributed by atoms with Crippen molar-refractivity contribution in [3.63, 3.8) is 0 Å². The van der Waals surface area contributed by atoms with Crippen LogP contribution in [0.25, 0.3) is 0 Å². The lowest BCUT2D eigenvalue weighted by Crippen LogP contribution is -2.50. The number of rotatable bonds is 12. The lowest BCUT2D eigenvalue weighted by atomic mass is 10.1. The van der Waals surface area contributed by atoms with Crippen LogP contribution >= 0.6 is 23.4 Å². The summed E-state index contributed by atoms with van der Waals surface area (Å²) in [6, 6.07) is 14.7. The molecule has 0 saturated heterocycles. The van der Waals surface area contributed by atoms with Crippen LogP contribution in [0.3, 0.4) is 0 Å². The number of amides is 2. The van der Waals surface area contributed by atoms with Gasteiger partial charge in [-0.1, -0.05) is 56.6 Å². The molecule has 2 aromatic rings. The first-order chi connectivity index (χ1) is 15.3. The minimum atomic E-state index is -0.515. The fourth-order valence-electron chi connectivity index (χ4n) is 3.19. The molecule has 0 heterocycles. The zero-order valence-electron chi connectivity index (χ0n) is 19.3. The van der Waals surface area contributed by atoms with E-state index < -0.39 is 6.04 Å². The van der Waals surface area contributed by atoms with Crippen LogP contribution in [-0.2, 0) is 21.9 Å². The van der Waals surface area contributed by atoms with Crippen LogP contribution in [0.2, 0.25) is 5.02 Å². The van der Waals surface area contributed by atoms with Gasteiger partial charge in [-0.2, -0.15) is 0 Å². The third-order valence-corrected chi connectivity index (χ3v) is 6.23. The Bertz CT molecular complexity index is 856. The maximum Gasteiger partial charge on any atom is 0.242 e. The number of nitrogens with zero attached hydrogens (tertiary/aromatic N) is 1. The Morgan fingerprint density at radius 2 is 1.69 bits per heavy atom. The summed E-state index contributed by atoms with van der Waals surface area (Å²) in [7, 11) is 1.64. The summed E-state index contributed by atoms with van der Waals surface area (Å²) in [5.41, 5.74) is 2.06. The summed E-state index contributed by atoms with van der Waals surface area (Å²) in [6.45, 7) is 6.99. The van der Waals surface area contributed by atoms with Crippen molar-refractivity contribution in [2.45, 2.75) is 45.5 Å². The molecule has 0 spiro atoms. The van der Waals surface area contributed by atoms with Gasteiger partial charge < -0.3 is 15.0 Å². The lowest BCUT2D eigenvalue weighted by Gasteiger charge is -2.31. The Morgan fingerprint density at radius 3 is 2.25 bits per heavy atom. The average molecular weight is 477 g/mol. The first kappa shape index (κ1) is 26.1. The molecule has 7 heteroatoms. The number of nitrogens with one attached hydrogen (secondary N) is 1. The number of carbonyl (C=O) groups excluding carboxylic acids is 2. The third kappa shape index (κ3) is 8.40. The first-order valence-corrected chi connectivity index (χ1v) is 12.4. The van der Waals surface area contributed by atoms with Crippen molar-refractivity contribution in [1.29, 1.82) is 0 Å². The van der Waals surface area contributed by atoms with E-state index in [1.807, 2.05) is 57.2 Å². The SMILES string of the molecule is CC[C@H](C(=O)NCC(C)C)N(Cc1ccc(Cl)cc1)C(=O)CSCc1ccc(OC)cc1. The molecule has 0 radical (unpaired) electrons. The van der Waals surface area contributed by atoms with Crippen LogP contribution in [0.4, 0.5) is 0 Å². The second-order valence-electron chi connectivity index (χ2n) is 8.05. The normalized spacial score (nSPS) is 11.8. The predicted molar refractivity (Wildman–Crippen MR) is 133 cm³/mol. The summed E-state index contributed by atoms with van der Waals surface area (Å²) in [5.74, 6) is 2.00. The van der Waals surface area contributed by atoms with Gasteiger partial charge in [-0.15, -0.1) is 11.8 Å². The van der Waals surface area contributed by atoms with Gasteiger partial charge in [0, 0.05) is 23.9 Å². The number of halogens is 1. The first-order valence-electron chi connectivity index (χ1n) is 10.9. The Balaban J connectivity index is 2.09. The zero-order chi connectivity index (χ0) is 23.5. The molecular weight excluding hydrogens is 444 g/mol. The predicted octanol–water partition coefficient (Wildman–Crippen LogP) is 5.16. The second-order valence-corrected chi connectivity index (χ2v) is 9.47. The van der Waals surface area contributed by atoms with E-state index in [9.17, 15) is 9.59 Å². The van der Waals surface area contributed by atoms with E-state index in [1.165, 1.54) is 0 Å². The molecule has 1 atom stereocenters. The molecular formula is C25H33ClN2O3S. The Hall–Kier alpha value is -2.18. The maximum absolute atomic E-state index is 13.2. The molecule has 0 unspecified atom stereocenters. The third-order valence-electron chi connectivity index (χ3n) is 4.99. The minimum Gasteiger partial charge on any atom is -0.497 e. The highest BCUT2D eigenvalue weighted by molar-refractivity contribution is 7.99. The summed E-state index contributed by atoms with van der Waals surface area (Å²) in [4.78, 5) is 27.8. The van der Waals surface area contributed by atoms with Crippen molar-refractivity contribution in [3.8, 4) is 5.75 Å². The standard InChI is InChI=1S/C25H33ClN2O3S/c1-5-23(25(30)27-14-18(2)3)28(15-19-6-10-21(26)11-7-19)24(29)17-32-16-20-8-12-22(31-4)13-9-20/h6-13,18,23H,5,14-17H2,1-4H3,(H,27,30)/t23-/m1/s1. The van der Waals surface area contributed by atoms with Crippen LogP contribution in [-0.4, -0.2) is 42.2 Å². The molecule has 0 saturated carbocycles. The smallest absolute Gasteiger partial charge is 0.242 e. The summed E-state index contributed by atoms with van der Waals surface area (Å²) < 4.78 is 5.19. The van der Waals surface area contributed by atoms with Crippen LogP contribution in [0.15, 0.2) is 48.5 Å². The van der Waals surface area contributed by atoms with E-state index in [0.29, 0.717) is 42.0 Å². The van der Waals surface area contributed by atoms with Gasteiger partial charge in [0.2, 0.25) is 11.8 Å². The van der Waals surface area contributed by atoms with Gasteiger partial charge in [-0.05, 0) is 47.7 Å². The van der Waals surface area contributed by atoms with E-state index in [4.69, 9.17) is 16.3 Å². The molecule has 2 aromatic carbocycles. The second kappa shape index (κ2) is 13.4. The number of methoxy groups -OCH3 is 1. The van der Waals surface area contributed by atoms with Crippen molar-refractivity contribution < 1.29 is 14.3 Å². The highest BCUT2D eigenvalue weighted by Crippen LogP contribution is 2.20. The van der Waals surface area contributed by atoms with Crippen LogP contribution in [0.5, 0.6) is 5.75 Å². The molecule has 0 aliphatic heterocycles. The molecule has 174 valence electrons. The quantitative estimate of drug-likeness (QED) is 0.459. The fraction of sp³-hybridized carbons (Fsp3) is 0.440. The largest absolute Gasteiger partial charge is 0.497 e.